The first kappa shape index (κ1) is 33.9. The molecule has 8 heteroatoms. The molecule has 0 aliphatic rings. The number of nitrogens with zero attached hydrogens (tertiary/aromatic N) is 5. The van der Waals surface area contributed by atoms with Gasteiger partial charge < -0.3 is 13.7 Å². The summed E-state index contributed by atoms with van der Waals surface area (Å²) >= 11 is 1.67. The molecule has 7 nitrogen and oxygen atoms in total. The maximum atomic E-state index is 6.38. The van der Waals surface area contributed by atoms with E-state index in [0.717, 1.165) is 104 Å². The minimum absolute atomic E-state index is 0.696. The lowest BCUT2D eigenvalue weighted by Crippen LogP contribution is -2.12. The summed E-state index contributed by atoms with van der Waals surface area (Å²) in [6, 6.07) is 63.4. The number of benzene rings is 8. The van der Waals surface area contributed by atoms with Gasteiger partial charge in [0.25, 0.3) is 0 Å². The van der Waals surface area contributed by atoms with Crippen LogP contribution in [0.2, 0.25) is 0 Å². The van der Waals surface area contributed by atoms with E-state index < -0.39 is 0 Å². The second-order valence-corrected chi connectivity index (χ2v) is 16.4. The number of hydrogen-bond donors (Lipinski definition) is 0. The van der Waals surface area contributed by atoms with E-state index in [9.17, 15) is 0 Å². The number of hydrogen-bond acceptors (Lipinski definition) is 8. The molecule has 0 atom stereocenters. The maximum Gasteiger partial charge on any atom is 0.161 e. The Hall–Kier alpha value is -8.07. The van der Waals surface area contributed by atoms with Crippen LogP contribution in [0.3, 0.4) is 0 Å². The predicted molar refractivity (Wildman–Crippen MR) is 252 cm³/mol. The lowest BCUT2D eigenvalue weighted by Gasteiger charge is -2.25. The lowest BCUT2D eigenvalue weighted by molar-refractivity contribution is 0.668. The molecule has 0 spiro atoms. The Morgan fingerprint density at radius 2 is 0.852 bits per heavy atom. The highest BCUT2D eigenvalue weighted by Gasteiger charge is 2.22. The van der Waals surface area contributed by atoms with Gasteiger partial charge in [0.2, 0.25) is 0 Å². The normalized spacial score (nSPS) is 11.9. The molecular weight excluding hydrogens is 771 g/mol. The van der Waals surface area contributed by atoms with E-state index in [1.807, 2.05) is 42.6 Å². The third-order valence-corrected chi connectivity index (χ3v) is 12.8. The fourth-order valence-corrected chi connectivity index (χ4v) is 9.91. The molecule has 13 aromatic rings. The van der Waals surface area contributed by atoms with Crippen LogP contribution in [-0.4, -0.2) is 15.2 Å². The Bertz CT molecular complexity index is 3630. The van der Waals surface area contributed by atoms with E-state index in [1.165, 1.54) is 10.8 Å². The first-order valence-corrected chi connectivity index (χ1v) is 21.0. The summed E-state index contributed by atoms with van der Waals surface area (Å²) in [5, 5.41) is 18.8. The van der Waals surface area contributed by atoms with Crippen LogP contribution in [0.25, 0.3) is 85.9 Å². The molecule has 61 heavy (non-hydrogen) atoms. The molecule has 0 saturated carbocycles. The molecule has 0 aliphatic heterocycles. The first-order chi connectivity index (χ1) is 30.2. The number of fused-ring (bicyclic) bond motifs is 11. The summed E-state index contributed by atoms with van der Waals surface area (Å²) in [5.74, 6) is 0.696. The molecule has 0 radical (unpaired) electrons. The molecule has 0 fully saturated rings. The Balaban J connectivity index is 0.961. The number of thiophene rings is 1. The van der Waals surface area contributed by atoms with Crippen molar-refractivity contribution in [3.05, 3.63) is 188 Å². The maximum absolute atomic E-state index is 6.38. The average Bonchev–Trinajstić information content (AvgIpc) is 3.99. The average molecular weight is 802 g/mol. The van der Waals surface area contributed by atoms with Gasteiger partial charge in [-0.2, -0.15) is 0 Å². The predicted octanol–water partition coefficient (Wildman–Crippen LogP) is 15.3. The van der Waals surface area contributed by atoms with E-state index >= 15 is 0 Å². The van der Waals surface area contributed by atoms with E-state index in [-0.39, 0.29) is 0 Å². The van der Waals surface area contributed by atoms with Gasteiger partial charge in [-0.05, 0) is 88.3 Å². The third kappa shape index (κ3) is 5.46. The fourth-order valence-electron chi connectivity index (χ4n) is 8.85. The first-order valence-electron chi connectivity index (χ1n) is 20.2. The molecule has 0 unspecified atom stereocenters. The van der Waals surface area contributed by atoms with E-state index in [4.69, 9.17) is 24.0 Å². The third-order valence-electron chi connectivity index (χ3n) is 11.7. The largest absolute Gasteiger partial charge is 0.456 e. The summed E-state index contributed by atoms with van der Waals surface area (Å²) in [6.45, 7) is 0. The molecule has 8 aromatic carbocycles. The minimum Gasteiger partial charge on any atom is -0.456 e. The highest BCUT2D eigenvalue weighted by Crippen LogP contribution is 2.44. The van der Waals surface area contributed by atoms with Crippen molar-refractivity contribution in [1.82, 2.24) is 15.2 Å². The molecule has 0 bridgehead atoms. The van der Waals surface area contributed by atoms with Gasteiger partial charge in [0.05, 0.1) is 27.0 Å². The lowest BCUT2D eigenvalue weighted by atomic mass is 10.1. The van der Waals surface area contributed by atoms with E-state index in [2.05, 4.69) is 155 Å². The SMILES string of the molecule is c1ccc2cc(N(c3ccc4c(c3)oc3ccccc34)c3cnc4c(c3)sc3cc(N(c5ccc6ccccc6c5)c5ccc6c(c5)oc5ccccc56)nnc34)ccc2c1. The molecule has 5 heterocycles. The summed E-state index contributed by atoms with van der Waals surface area (Å²) in [7, 11) is 0. The Morgan fingerprint density at radius 1 is 0.361 bits per heavy atom. The van der Waals surface area contributed by atoms with Crippen LogP contribution in [-0.2, 0) is 0 Å². The second kappa shape index (κ2) is 13.2. The van der Waals surface area contributed by atoms with Crippen molar-refractivity contribution in [2.75, 3.05) is 9.80 Å². The highest BCUT2D eigenvalue weighted by atomic mass is 32.1. The molecule has 0 saturated heterocycles. The Morgan fingerprint density at radius 3 is 1.49 bits per heavy atom. The molecule has 0 aliphatic carbocycles. The van der Waals surface area contributed by atoms with Crippen molar-refractivity contribution in [3.8, 4) is 0 Å². The van der Waals surface area contributed by atoms with Crippen LogP contribution >= 0.6 is 11.3 Å². The van der Waals surface area contributed by atoms with Gasteiger partial charge in [-0.15, -0.1) is 21.5 Å². The van der Waals surface area contributed by atoms with Crippen LogP contribution in [0.1, 0.15) is 0 Å². The highest BCUT2D eigenvalue weighted by molar-refractivity contribution is 7.25. The van der Waals surface area contributed by atoms with Crippen molar-refractivity contribution in [2.24, 2.45) is 0 Å². The van der Waals surface area contributed by atoms with Crippen molar-refractivity contribution >= 4 is 131 Å². The Labute approximate surface area is 351 Å². The van der Waals surface area contributed by atoms with Gasteiger partial charge in [-0.3, -0.25) is 9.88 Å². The van der Waals surface area contributed by atoms with Crippen LogP contribution in [0, 0.1) is 0 Å². The number of para-hydroxylation sites is 2. The number of anilines is 6. The quantitative estimate of drug-likeness (QED) is 0.166. The second-order valence-electron chi connectivity index (χ2n) is 15.3. The zero-order valence-corrected chi connectivity index (χ0v) is 33.2. The topological polar surface area (TPSA) is 71.4 Å². The number of rotatable bonds is 6. The summed E-state index contributed by atoms with van der Waals surface area (Å²) in [5.41, 5.74) is 9.76. The molecule has 286 valence electrons. The van der Waals surface area contributed by atoms with Crippen LogP contribution in [0.15, 0.2) is 197 Å². The minimum atomic E-state index is 0.696. The van der Waals surface area contributed by atoms with E-state index in [1.54, 1.807) is 11.3 Å². The number of pyridine rings is 1. The van der Waals surface area contributed by atoms with Crippen LogP contribution < -0.4 is 9.80 Å². The fraction of sp³-hybridized carbons (Fsp3) is 0. The van der Waals surface area contributed by atoms with Crippen LogP contribution in [0.4, 0.5) is 34.3 Å². The standard InChI is InChI=1S/C53H31N5O2S/c1-3-11-34-25-36(19-17-32(34)9-1)57(38-21-23-43-41-13-5-7-15-45(41)59-47(43)27-38)40-29-49-52(54-31-40)53-50(61-49)30-51(55-56-53)58(37-20-18-33-10-2-4-12-35(33)26-37)39-22-24-44-42-14-6-8-16-46(42)60-48(44)28-39/h1-31H. The van der Waals surface area contributed by atoms with Gasteiger partial charge in [-0.25, -0.2) is 0 Å². The van der Waals surface area contributed by atoms with Crippen molar-refractivity contribution < 1.29 is 8.83 Å². The van der Waals surface area contributed by atoms with Gasteiger partial charge in [0, 0.05) is 56.8 Å². The monoisotopic (exact) mass is 801 g/mol. The smallest absolute Gasteiger partial charge is 0.161 e. The van der Waals surface area contributed by atoms with Crippen molar-refractivity contribution in [2.45, 2.75) is 0 Å². The summed E-state index contributed by atoms with van der Waals surface area (Å²) in [6.07, 6.45) is 1.94. The van der Waals surface area contributed by atoms with Crippen molar-refractivity contribution in [3.63, 3.8) is 0 Å². The molecule has 13 rings (SSSR count). The van der Waals surface area contributed by atoms with Crippen molar-refractivity contribution in [1.29, 1.82) is 0 Å². The molecule has 0 N–H and O–H groups in total. The zero-order chi connectivity index (χ0) is 40.0. The summed E-state index contributed by atoms with van der Waals surface area (Å²) in [4.78, 5) is 9.51. The molecule has 0 amide bonds. The van der Waals surface area contributed by atoms with Crippen LogP contribution in [0.5, 0.6) is 0 Å². The zero-order valence-electron chi connectivity index (χ0n) is 32.4. The van der Waals surface area contributed by atoms with Gasteiger partial charge in [0.15, 0.2) is 5.82 Å². The molecular formula is C53H31N5O2S. The van der Waals surface area contributed by atoms with Gasteiger partial charge in [-0.1, -0.05) is 97.1 Å². The van der Waals surface area contributed by atoms with E-state index in [0.29, 0.717) is 5.82 Å². The number of furan rings is 2. The van der Waals surface area contributed by atoms with Gasteiger partial charge >= 0.3 is 0 Å². The number of aromatic nitrogens is 3. The molecule has 5 aromatic heterocycles. The van der Waals surface area contributed by atoms with Gasteiger partial charge in [0.1, 0.15) is 33.4 Å². The Kier molecular flexibility index (Phi) is 7.34. The summed E-state index contributed by atoms with van der Waals surface area (Å²) < 4.78 is 14.7.